The molecule has 4 atom stereocenters. The lowest BCUT2D eigenvalue weighted by molar-refractivity contribution is 0.0268. The van der Waals surface area contributed by atoms with Crippen LogP contribution in [0.3, 0.4) is 0 Å². The third kappa shape index (κ3) is 27.0. The maximum atomic E-state index is 14.0. The Morgan fingerprint density at radius 3 is 1.50 bits per heavy atom. The minimum absolute atomic E-state index is 0. The first kappa shape index (κ1) is 92.9. The molecule has 38 heteroatoms. The first-order valence-electron chi connectivity index (χ1n) is 36.2. The number of aliphatic hydroxyl groups excluding tert-OH is 1. The molecule has 13 rings (SSSR count). The fourth-order valence-electron chi connectivity index (χ4n) is 10.6. The van der Waals surface area contributed by atoms with Crippen LogP contribution in [0.15, 0.2) is 147 Å². The van der Waals surface area contributed by atoms with Crippen molar-refractivity contribution < 1.29 is 79.7 Å². The minimum atomic E-state index is -0.839. The second kappa shape index (κ2) is 42.7. The zero-order chi connectivity index (χ0) is 84.3. The van der Waals surface area contributed by atoms with Gasteiger partial charge in [-0.15, -0.1) is 12.4 Å². The molecule has 0 radical (unpaired) electrons. The number of halogens is 9. The average Bonchev–Trinajstić information content (AvgIpc) is 1.66. The van der Waals surface area contributed by atoms with E-state index in [1.54, 1.807) is 155 Å². The normalized spacial score (nSPS) is 13.4. The van der Waals surface area contributed by atoms with Gasteiger partial charge in [0.1, 0.15) is 113 Å². The Balaban J connectivity index is 0.000000187. The number of benzene rings is 4. The first-order valence-corrected chi connectivity index (χ1v) is 39.8. The summed E-state index contributed by atoms with van der Waals surface area (Å²) in [6.07, 6.45) is 10.5. The van der Waals surface area contributed by atoms with E-state index in [-0.39, 0.29) is 49.8 Å². The van der Waals surface area contributed by atoms with Crippen molar-refractivity contribution in [2.45, 2.75) is 105 Å². The fourth-order valence-corrected chi connectivity index (χ4v) is 12.2. The highest BCUT2D eigenvalue weighted by molar-refractivity contribution is 14.1. The molecule has 4 aromatic carbocycles. The highest BCUT2D eigenvalue weighted by atomic mass is 127. The summed E-state index contributed by atoms with van der Waals surface area (Å²) in [7, 11) is 6.77. The van der Waals surface area contributed by atoms with Crippen molar-refractivity contribution >= 4 is 132 Å². The van der Waals surface area contributed by atoms with E-state index in [2.05, 4.69) is 113 Å². The van der Waals surface area contributed by atoms with E-state index in [9.17, 15) is 37.1 Å². The monoisotopic (exact) mass is 2000 g/mol. The average molecular weight is 2000 g/mol. The summed E-state index contributed by atoms with van der Waals surface area (Å²) in [6, 6.07) is 23.7. The lowest BCUT2D eigenvalue weighted by Gasteiger charge is -2.25. The molecular formula is C79H89Cl2F4I3N16O13. The van der Waals surface area contributed by atoms with Gasteiger partial charge in [-0.05, 0) is 223 Å². The van der Waals surface area contributed by atoms with Crippen molar-refractivity contribution in [3.63, 3.8) is 0 Å². The molecule has 2 unspecified atom stereocenters. The molecule has 2 bridgehead atoms. The second-order valence-corrected chi connectivity index (χ2v) is 31.7. The number of carbonyl (C=O) groups is 3. The van der Waals surface area contributed by atoms with Crippen LogP contribution in [0.25, 0.3) is 22.6 Å². The molecule has 0 fully saturated rings. The van der Waals surface area contributed by atoms with E-state index in [1.807, 2.05) is 34.7 Å². The number of nitrogens with zero attached hydrogens (tertiary/aromatic N) is 15. The lowest BCUT2D eigenvalue weighted by Crippen LogP contribution is -2.36. The van der Waals surface area contributed by atoms with Crippen molar-refractivity contribution in [2.75, 3.05) is 80.8 Å². The van der Waals surface area contributed by atoms with Crippen LogP contribution in [0.1, 0.15) is 126 Å². The summed E-state index contributed by atoms with van der Waals surface area (Å²) in [5, 5.41) is 29.7. The second-order valence-electron chi connectivity index (χ2n) is 27.9. The van der Waals surface area contributed by atoms with Crippen LogP contribution in [-0.2, 0) is 9.47 Å². The van der Waals surface area contributed by atoms with Crippen molar-refractivity contribution in [3.05, 3.63) is 214 Å². The first-order chi connectivity index (χ1) is 55.0. The van der Waals surface area contributed by atoms with E-state index in [1.165, 1.54) is 86.9 Å². The third-order valence-electron chi connectivity index (χ3n) is 16.4. The molecule has 12 aromatic rings. The molecule has 9 heterocycles. The molecular weight excluding hydrogens is 1910 g/mol. The Kier molecular flexibility index (Phi) is 33.9. The van der Waals surface area contributed by atoms with Crippen LogP contribution >= 0.6 is 91.8 Å². The zero-order valence-electron chi connectivity index (χ0n) is 66.3. The molecule has 0 saturated heterocycles. The summed E-state index contributed by atoms with van der Waals surface area (Å²) in [5.41, 5.74) is 3.99. The Morgan fingerprint density at radius 2 is 1.02 bits per heavy atom. The summed E-state index contributed by atoms with van der Waals surface area (Å²) in [5.74, 6) is 1.39. The van der Waals surface area contributed by atoms with E-state index in [4.69, 9.17) is 54.2 Å². The maximum absolute atomic E-state index is 14.0. The predicted octanol–water partition coefficient (Wildman–Crippen LogP) is 16.1. The van der Waals surface area contributed by atoms with Gasteiger partial charge in [0.05, 0.1) is 61.2 Å². The molecule has 626 valence electrons. The number of aromatic nitrogens is 12. The van der Waals surface area contributed by atoms with Crippen molar-refractivity contribution in [2.24, 2.45) is 0 Å². The third-order valence-corrected chi connectivity index (χ3v) is 18.9. The molecule has 117 heavy (non-hydrogen) atoms. The number of amides is 3. The number of rotatable bonds is 19. The number of aliphatic hydroxyl groups is 1. The number of nitrogens with one attached hydrogen (secondary N) is 1. The Labute approximate surface area is 724 Å². The van der Waals surface area contributed by atoms with Gasteiger partial charge in [0.15, 0.2) is 22.6 Å². The number of carbonyl (C=O) groups excluding carboxylic acids is 3. The number of fused-ring (bicyclic) bond motifs is 5. The van der Waals surface area contributed by atoms with Crippen molar-refractivity contribution in [3.8, 4) is 40.6 Å². The number of ether oxygens (including phenoxy) is 9. The summed E-state index contributed by atoms with van der Waals surface area (Å²) in [4.78, 5) is 58.3. The lowest BCUT2D eigenvalue weighted by atomic mass is 10.1. The highest BCUT2D eigenvalue weighted by Crippen LogP contribution is 2.35. The molecule has 2 N–H and O–H groups in total. The standard InChI is InChI=1S/C22H26FIN4O4.C18H17FN4O3.C17H18FIN4O2.C16H24FNO4.C6H3ClIN3.ClH/c1-14(31-19-8-9-28-20(26-19)17(24)13-25-28)16-12-15(23)6-7-18(16)30-11-10-27(5)21(29)32-22(2,3)4;1-11-13-9-12(19)3-4-15(13)25-8-7-22(2)18(24)14-10-20-23-6-5-16(26-11)21-17(14)23;1-11(13-9-12(18)3-4-15(13)24-8-6-20-2)25-16-5-7-23-17(22-16)14(19)10-21-23;1-11(19)13-10-12(17)6-7-14(13)21-9-8-18(5)15(20)22-16(2,3)4;7-5-1-2-11-6(10-5)4(8)3-9-11;/h6-9,12-14H,10-11H2,1-5H3;3-6,9-11H,7-8H2,1-2H3;3-5,7,9-11,20H,6,8H2,1-2H3;6-7,10-11,19H,8-9H2,1-5H3;1-3H;1H/t;11-;;11-;;/m.1.1../s1. The van der Waals surface area contributed by atoms with E-state index < -0.39 is 59.4 Å². The van der Waals surface area contributed by atoms with Crippen LogP contribution in [0.2, 0.25) is 5.15 Å². The van der Waals surface area contributed by atoms with E-state index >= 15 is 0 Å². The van der Waals surface area contributed by atoms with Gasteiger partial charge in [0, 0.05) is 92.9 Å². The zero-order valence-corrected chi connectivity index (χ0v) is 74.4. The van der Waals surface area contributed by atoms with Crippen molar-refractivity contribution in [1.82, 2.24) is 78.4 Å². The van der Waals surface area contributed by atoms with Gasteiger partial charge < -0.3 is 67.8 Å². The van der Waals surface area contributed by atoms with Crippen LogP contribution < -0.4 is 38.5 Å². The van der Waals surface area contributed by atoms with Gasteiger partial charge in [0.2, 0.25) is 17.6 Å². The van der Waals surface area contributed by atoms with Gasteiger partial charge in [-0.1, -0.05) is 11.6 Å². The molecule has 1 aliphatic heterocycles. The Hall–Kier alpha value is -9.62. The molecule has 8 aromatic heterocycles. The molecule has 0 spiro atoms. The topological polar surface area (TPSA) is 297 Å². The van der Waals surface area contributed by atoms with Crippen molar-refractivity contribution in [1.29, 1.82) is 0 Å². The summed E-state index contributed by atoms with van der Waals surface area (Å²) >= 11 is 12.2. The summed E-state index contributed by atoms with van der Waals surface area (Å²) in [6.45, 7) is 20.6. The smallest absolute Gasteiger partial charge is 0.410 e. The summed E-state index contributed by atoms with van der Waals surface area (Å²) < 4.78 is 115. The largest absolute Gasteiger partial charge is 0.492 e. The van der Waals surface area contributed by atoms with Gasteiger partial charge in [0.25, 0.3) is 5.91 Å². The van der Waals surface area contributed by atoms with E-state index in [0.29, 0.717) is 118 Å². The number of hydrogen-bond acceptors (Lipinski definition) is 22. The fraction of sp³-hybridized carbons (Fsp3) is 0.354. The van der Waals surface area contributed by atoms with Gasteiger partial charge in [-0.3, -0.25) is 4.79 Å². The SMILES string of the molecule is CC(Oc1ccn2ncc(I)c2n1)c1cc(F)ccc1OCCN(C)C(=O)OC(C)(C)C.CNCCOc1ccc(F)cc1C(C)Oc1ccn2ncc(I)c2n1.C[C@@H](O)c1cc(F)ccc1OCCN(C)C(=O)OC(C)(C)C.C[C@H]1Oc2ccn3ncc(c3n2)C(=O)N(C)CCOc2ccc(F)cc21.Cl.Clc1ccn2ncc(I)c2n1. The predicted molar refractivity (Wildman–Crippen MR) is 456 cm³/mol. The Bertz CT molecular complexity index is 5350. The number of likely N-dealkylation sites (N-methyl/N-ethyl adjacent to an activating group) is 4. The van der Waals surface area contributed by atoms with Gasteiger partial charge in [-0.2, -0.15) is 35.3 Å². The van der Waals surface area contributed by atoms with Crippen LogP contribution in [0.4, 0.5) is 27.2 Å². The molecule has 1 aliphatic rings. The van der Waals surface area contributed by atoms with E-state index in [0.717, 1.165) is 22.0 Å². The minimum Gasteiger partial charge on any atom is -0.492 e. The highest BCUT2D eigenvalue weighted by Gasteiger charge is 2.26. The Morgan fingerprint density at radius 1 is 0.598 bits per heavy atom. The number of hydrogen-bond donors (Lipinski definition) is 2. The molecule has 0 saturated carbocycles. The maximum Gasteiger partial charge on any atom is 0.410 e. The molecule has 0 aliphatic carbocycles. The van der Waals surface area contributed by atoms with Crippen LogP contribution in [0.5, 0.6) is 40.6 Å². The molecule has 3 amide bonds. The van der Waals surface area contributed by atoms with Crippen LogP contribution in [0, 0.1) is 34.0 Å². The molecule has 29 nitrogen and oxygen atoms in total. The quantitative estimate of drug-likeness (QED) is 0.0329. The van der Waals surface area contributed by atoms with Gasteiger partial charge in [-0.25, -0.2) is 50.2 Å². The van der Waals surface area contributed by atoms with Gasteiger partial charge >= 0.3 is 12.2 Å². The van der Waals surface area contributed by atoms with Crippen LogP contribution in [-0.4, -0.2) is 188 Å².